The van der Waals surface area contributed by atoms with E-state index in [9.17, 15) is 18.4 Å². The number of carbonyl (C=O) groups is 2. The predicted octanol–water partition coefficient (Wildman–Crippen LogP) is 5.02. The summed E-state index contributed by atoms with van der Waals surface area (Å²) in [5.41, 5.74) is 0.477. The van der Waals surface area contributed by atoms with Crippen molar-refractivity contribution in [3.05, 3.63) is 102 Å². The number of fused-ring (bicyclic) bond motifs is 1. The first-order valence-corrected chi connectivity index (χ1v) is 9.03. The van der Waals surface area contributed by atoms with E-state index in [0.717, 1.165) is 17.5 Å². The fourth-order valence-corrected chi connectivity index (χ4v) is 3.01. The van der Waals surface area contributed by atoms with E-state index in [1.807, 2.05) is 6.07 Å². The number of hydrogen-bond donors (Lipinski definition) is 2. The predicted molar refractivity (Wildman–Crippen MR) is 110 cm³/mol. The van der Waals surface area contributed by atoms with Crippen LogP contribution in [0.1, 0.15) is 20.7 Å². The van der Waals surface area contributed by atoms with E-state index in [1.165, 1.54) is 36.4 Å². The van der Waals surface area contributed by atoms with Gasteiger partial charge in [0.2, 0.25) is 0 Å². The van der Waals surface area contributed by atoms with Gasteiger partial charge in [0.25, 0.3) is 11.8 Å². The van der Waals surface area contributed by atoms with Crippen LogP contribution in [-0.2, 0) is 0 Å². The van der Waals surface area contributed by atoms with Gasteiger partial charge in [-0.3, -0.25) is 9.59 Å². The lowest BCUT2D eigenvalue weighted by atomic mass is 10.1. The zero-order valence-corrected chi connectivity index (χ0v) is 15.5. The maximum absolute atomic E-state index is 13.5. The lowest BCUT2D eigenvalue weighted by molar-refractivity contribution is 0.101. The average Bonchev–Trinajstić information content (AvgIpc) is 2.75. The molecular formula is C23H15F2N3O2. The van der Waals surface area contributed by atoms with Crippen molar-refractivity contribution in [1.29, 1.82) is 0 Å². The number of hydrogen-bond acceptors (Lipinski definition) is 3. The van der Waals surface area contributed by atoms with Gasteiger partial charge in [-0.25, -0.2) is 13.8 Å². The fraction of sp³-hybridized carbons (Fsp3) is 0. The van der Waals surface area contributed by atoms with Crippen LogP contribution >= 0.6 is 0 Å². The van der Waals surface area contributed by atoms with Crippen molar-refractivity contribution in [2.24, 2.45) is 0 Å². The maximum atomic E-state index is 13.5. The molecule has 1 heterocycles. The molecule has 3 aromatic carbocycles. The summed E-state index contributed by atoms with van der Waals surface area (Å²) in [7, 11) is 0. The van der Waals surface area contributed by atoms with Crippen LogP contribution in [0.3, 0.4) is 0 Å². The zero-order valence-electron chi connectivity index (χ0n) is 15.5. The highest BCUT2D eigenvalue weighted by Gasteiger charge is 2.17. The Hall–Kier alpha value is -4.13. The molecule has 2 amide bonds. The van der Waals surface area contributed by atoms with Crippen molar-refractivity contribution in [2.75, 3.05) is 10.6 Å². The number of carbonyl (C=O) groups excluding carboxylic acids is 2. The number of benzene rings is 3. The molecule has 2 N–H and O–H groups in total. The molecule has 30 heavy (non-hydrogen) atoms. The van der Waals surface area contributed by atoms with Crippen molar-refractivity contribution in [1.82, 2.24) is 4.98 Å². The molecule has 0 saturated heterocycles. The second kappa shape index (κ2) is 8.08. The monoisotopic (exact) mass is 403 g/mol. The van der Waals surface area contributed by atoms with Crippen molar-refractivity contribution in [3.8, 4) is 0 Å². The second-order valence-corrected chi connectivity index (χ2v) is 6.50. The van der Waals surface area contributed by atoms with Gasteiger partial charge in [0.05, 0.1) is 5.69 Å². The van der Waals surface area contributed by atoms with E-state index in [2.05, 4.69) is 15.6 Å². The van der Waals surface area contributed by atoms with Crippen LogP contribution in [0.4, 0.5) is 20.3 Å². The van der Waals surface area contributed by atoms with Crippen LogP contribution < -0.4 is 10.6 Å². The largest absolute Gasteiger partial charge is 0.318 e. The molecule has 0 spiro atoms. The number of aromatic nitrogens is 1. The quantitative estimate of drug-likeness (QED) is 0.503. The van der Waals surface area contributed by atoms with Crippen LogP contribution in [0, 0.1) is 11.6 Å². The smallest absolute Gasteiger partial charge is 0.256 e. The minimum absolute atomic E-state index is 0.0905. The molecule has 0 atom stereocenters. The number of rotatable bonds is 4. The lowest BCUT2D eigenvalue weighted by Crippen LogP contribution is -2.18. The number of halogens is 2. The third-order valence-corrected chi connectivity index (χ3v) is 4.44. The molecule has 4 rings (SSSR count). The minimum atomic E-state index is -0.585. The molecule has 0 unspecified atom stereocenters. The van der Waals surface area contributed by atoms with Gasteiger partial charge in [-0.15, -0.1) is 0 Å². The first-order valence-electron chi connectivity index (χ1n) is 9.03. The van der Waals surface area contributed by atoms with Gasteiger partial charge >= 0.3 is 0 Å². The van der Waals surface area contributed by atoms with E-state index in [1.54, 1.807) is 24.4 Å². The van der Waals surface area contributed by atoms with E-state index in [-0.39, 0.29) is 22.6 Å². The third-order valence-electron chi connectivity index (χ3n) is 4.44. The van der Waals surface area contributed by atoms with Crippen molar-refractivity contribution >= 4 is 34.1 Å². The summed E-state index contributed by atoms with van der Waals surface area (Å²) in [5.74, 6) is -2.15. The molecule has 1 aromatic heterocycles. The van der Waals surface area contributed by atoms with Crippen molar-refractivity contribution in [2.45, 2.75) is 0 Å². The minimum Gasteiger partial charge on any atom is -0.318 e. The number of nitrogens with zero attached hydrogens (tertiary/aromatic N) is 1. The molecule has 0 aliphatic rings. The van der Waals surface area contributed by atoms with Gasteiger partial charge in [-0.1, -0.05) is 36.4 Å². The molecule has 4 aromatic rings. The summed E-state index contributed by atoms with van der Waals surface area (Å²) >= 11 is 0. The molecule has 7 heteroatoms. The number of anilines is 2. The fourth-order valence-electron chi connectivity index (χ4n) is 3.01. The summed E-state index contributed by atoms with van der Waals surface area (Å²) in [5, 5.41) is 6.68. The van der Waals surface area contributed by atoms with Gasteiger partial charge < -0.3 is 10.6 Å². The van der Waals surface area contributed by atoms with Crippen molar-refractivity contribution in [3.63, 3.8) is 0 Å². The Balaban J connectivity index is 1.73. The van der Waals surface area contributed by atoms with Gasteiger partial charge in [0.1, 0.15) is 11.6 Å². The first-order chi connectivity index (χ1) is 14.5. The summed E-state index contributed by atoms with van der Waals surface area (Å²) in [6, 6.07) is 17.6. The van der Waals surface area contributed by atoms with Crippen LogP contribution in [0.25, 0.3) is 10.8 Å². The van der Waals surface area contributed by atoms with Crippen LogP contribution in [0.15, 0.2) is 79.0 Å². The highest BCUT2D eigenvalue weighted by molar-refractivity contribution is 6.14. The lowest BCUT2D eigenvalue weighted by Gasteiger charge is -2.14. The van der Waals surface area contributed by atoms with Gasteiger partial charge in [0.15, 0.2) is 5.82 Å². The SMILES string of the molecule is O=C(Nc1ncc2ccccc2c1NC(=O)c1cccc(F)c1)c1cccc(F)c1. The van der Waals surface area contributed by atoms with Gasteiger partial charge in [-0.05, 0) is 36.4 Å². The van der Waals surface area contributed by atoms with E-state index in [0.29, 0.717) is 5.39 Å². The number of pyridine rings is 1. The topological polar surface area (TPSA) is 71.1 Å². The molecule has 0 bridgehead atoms. The third kappa shape index (κ3) is 4.00. The molecule has 0 radical (unpaired) electrons. The van der Waals surface area contributed by atoms with Crippen molar-refractivity contribution < 1.29 is 18.4 Å². The molecule has 0 saturated carbocycles. The zero-order chi connectivity index (χ0) is 21.1. The molecule has 0 aliphatic heterocycles. The Labute approximate surface area is 170 Å². The summed E-state index contributed by atoms with van der Waals surface area (Å²) < 4.78 is 27.0. The Morgan fingerprint density at radius 2 is 1.33 bits per heavy atom. The molecular weight excluding hydrogens is 388 g/mol. The van der Waals surface area contributed by atoms with E-state index in [4.69, 9.17) is 0 Å². The van der Waals surface area contributed by atoms with Crippen LogP contribution in [-0.4, -0.2) is 16.8 Å². The molecule has 148 valence electrons. The van der Waals surface area contributed by atoms with Gasteiger partial charge in [-0.2, -0.15) is 0 Å². The Bertz CT molecular complexity index is 1270. The normalized spacial score (nSPS) is 10.6. The van der Waals surface area contributed by atoms with Crippen LogP contribution in [0.2, 0.25) is 0 Å². The molecule has 0 aliphatic carbocycles. The highest BCUT2D eigenvalue weighted by Crippen LogP contribution is 2.30. The van der Waals surface area contributed by atoms with E-state index >= 15 is 0 Å². The van der Waals surface area contributed by atoms with E-state index < -0.39 is 23.4 Å². The summed E-state index contributed by atoms with van der Waals surface area (Å²) in [6.07, 6.45) is 1.55. The molecule has 5 nitrogen and oxygen atoms in total. The standard InChI is InChI=1S/C23H15F2N3O2/c24-17-8-3-6-14(11-17)22(29)27-20-19-10-2-1-5-16(19)13-26-21(20)28-23(30)15-7-4-9-18(25)12-15/h1-13H,(H,27,29)(H,26,28,30). The van der Waals surface area contributed by atoms with Gasteiger partial charge in [0, 0.05) is 28.1 Å². The summed E-state index contributed by atoms with van der Waals surface area (Å²) in [4.78, 5) is 29.5. The Morgan fingerprint density at radius 1 is 0.733 bits per heavy atom. The number of amides is 2. The Morgan fingerprint density at radius 3 is 1.97 bits per heavy atom. The second-order valence-electron chi connectivity index (χ2n) is 6.50. The summed E-state index contributed by atoms with van der Waals surface area (Å²) in [6.45, 7) is 0. The Kier molecular flexibility index (Phi) is 5.17. The number of nitrogens with one attached hydrogen (secondary N) is 2. The molecule has 0 fully saturated rings. The van der Waals surface area contributed by atoms with Crippen LogP contribution in [0.5, 0.6) is 0 Å². The highest BCUT2D eigenvalue weighted by atomic mass is 19.1. The first kappa shape index (κ1) is 19.2. The maximum Gasteiger partial charge on any atom is 0.256 e. The average molecular weight is 403 g/mol.